The molecule has 3 heterocycles. The normalized spacial score (nSPS) is 12.1. The van der Waals surface area contributed by atoms with Crippen molar-refractivity contribution in [1.29, 1.82) is 0 Å². The van der Waals surface area contributed by atoms with Gasteiger partial charge in [0.05, 0.1) is 7.05 Å². The van der Waals surface area contributed by atoms with Crippen LogP contribution < -0.4 is 4.57 Å². The number of para-hydroxylation sites is 3. The predicted molar refractivity (Wildman–Crippen MR) is 228 cm³/mol. The van der Waals surface area contributed by atoms with E-state index in [1.165, 1.54) is 39.0 Å². The number of aryl methyl sites for hydroxylation is 2. The first-order chi connectivity index (χ1) is 26.8. The molecule has 0 atom stereocenters. The van der Waals surface area contributed by atoms with Gasteiger partial charge in [-0.15, -0.1) is 0 Å². The molecule has 268 valence electrons. The van der Waals surface area contributed by atoms with Crippen molar-refractivity contribution in [3.05, 3.63) is 156 Å². The number of hydrogen-bond acceptors (Lipinski definition) is 2. The van der Waals surface area contributed by atoms with Crippen LogP contribution >= 0.6 is 0 Å². The number of nitrogens with zero attached hydrogens (tertiary/aromatic N) is 2. The minimum atomic E-state index is 0.348. The molecule has 0 aliphatic heterocycles. The summed E-state index contributed by atoms with van der Waals surface area (Å²) in [4.78, 5) is 0. The van der Waals surface area contributed by atoms with Gasteiger partial charge in [-0.1, -0.05) is 119 Å². The molecule has 10 aromatic rings. The van der Waals surface area contributed by atoms with Gasteiger partial charge in [-0.2, -0.15) is 4.57 Å². The smallest absolute Gasteiger partial charge is 0.299 e. The summed E-state index contributed by atoms with van der Waals surface area (Å²) in [7, 11) is 2.19. The molecular formula is C51H43N2O2+. The lowest BCUT2D eigenvalue weighted by molar-refractivity contribution is -0.633. The fraction of sp³-hybridized carbons (Fsp3) is 0.157. The molecule has 0 unspecified atom stereocenters. The van der Waals surface area contributed by atoms with Crippen molar-refractivity contribution < 1.29 is 13.4 Å². The van der Waals surface area contributed by atoms with Crippen LogP contribution in [-0.2, 0) is 7.05 Å². The van der Waals surface area contributed by atoms with Crippen LogP contribution in [0.15, 0.2) is 148 Å². The number of rotatable bonds is 6. The number of fused-ring (bicyclic) bond motifs is 7. The van der Waals surface area contributed by atoms with E-state index in [2.05, 4.69) is 184 Å². The van der Waals surface area contributed by atoms with Gasteiger partial charge in [-0.25, -0.2) is 4.57 Å². The molecule has 4 nitrogen and oxygen atoms in total. The van der Waals surface area contributed by atoms with E-state index in [-0.39, 0.29) is 0 Å². The highest BCUT2D eigenvalue weighted by atomic mass is 16.3. The second-order valence-electron chi connectivity index (χ2n) is 15.6. The Morgan fingerprint density at radius 3 is 1.84 bits per heavy atom. The maximum atomic E-state index is 7.03. The van der Waals surface area contributed by atoms with Gasteiger partial charge in [0.1, 0.15) is 28.0 Å². The molecule has 0 radical (unpaired) electrons. The van der Waals surface area contributed by atoms with Crippen LogP contribution in [0.1, 0.15) is 56.2 Å². The van der Waals surface area contributed by atoms with Crippen molar-refractivity contribution in [1.82, 2.24) is 4.57 Å². The van der Waals surface area contributed by atoms with Gasteiger partial charge in [-0.05, 0) is 95.1 Å². The van der Waals surface area contributed by atoms with Crippen molar-refractivity contribution in [2.75, 3.05) is 0 Å². The number of imidazole rings is 1. The van der Waals surface area contributed by atoms with E-state index in [4.69, 9.17) is 8.83 Å². The van der Waals surface area contributed by atoms with Gasteiger partial charge in [0.25, 0.3) is 5.82 Å². The minimum Gasteiger partial charge on any atom is -0.456 e. The molecule has 0 spiro atoms. The SMILES string of the molecule is Cc1ccc2c(oc3cc(-c4ccc5oc6cc(-c7ccccc7)ccc6c5c4)ccc32)c1-c1n(-c2c(C(C)C)cccc2C(C)C)c2ccccc2[n+]1C. The summed E-state index contributed by atoms with van der Waals surface area (Å²) in [6.07, 6.45) is 0. The molecule has 55 heavy (non-hydrogen) atoms. The lowest BCUT2D eigenvalue weighted by Crippen LogP contribution is -2.30. The Morgan fingerprint density at radius 1 is 0.509 bits per heavy atom. The summed E-state index contributed by atoms with van der Waals surface area (Å²) in [6.45, 7) is 11.4. The van der Waals surface area contributed by atoms with Crippen LogP contribution in [0, 0.1) is 6.92 Å². The fourth-order valence-electron chi connectivity index (χ4n) is 8.75. The van der Waals surface area contributed by atoms with Gasteiger partial charge in [0.2, 0.25) is 0 Å². The van der Waals surface area contributed by atoms with Crippen LogP contribution in [0.3, 0.4) is 0 Å². The Morgan fingerprint density at radius 2 is 1.11 bits per heavy atom. The van der Waals surface area contributed by atoms with E-state index in [9.17, 15) is 0 Å². The summed E-state index contributed by atoms with van der Waals surface area (Å²) in [5, 5.41) is 4.45. The van der Waals surface area contributed by atoms with E-state index in [0.717, 1.165) is 72.0 Å². The van der Waals surface area contributed by atoms with Crippen LogP contribution in [-0.4, -0.2) is 4.57 Å². The van der Waals surface area contributed by atoms with Gasteiger partial charge < -0.3 is 8.83 Å². The van der Waals surface area contributed by atoms with Crippen molar-refractivity contribution in [3.8, 4) is 39.3 Å². The zero-order valence-corrected chi connectivity index (χ0v) is 32.1. The Hall–Kier alpha value is -6.39. The van der Waals surface area contributed by atoms with Crippen LogP contribution in [0.25, 0.3) is 94.2 Å². The van der Waals surface area contributed by atoms with E-state index < -0.39 is 0 Å². The topological polar surface area (TPSA) is 35.1 Å². The van der Waals surface area contributed by atoms with Gasteiger partial charge >= 0.3 is 0 Å². The predicted octanol–water partition coefficient (Wildman–Crippen LogP) is 13.8. The average Bonchev–Trinajstić information content (AvgIpc) is 3.86. The summed E-state index contributed by atoms with van der Waals surface area (Å²) in [5.74, 6) is 1.81. The van der Waals surface area contributed by atoms with Crippen LogP contribution in [0.4, 0.5) is 0 Å². The lowest BCUT2D eigenvalue weighted by Gasteiger charge is -2.18. The van der Waals surface area contributed by atoms with E-state index in [1.807, 2.05) is 6.07 Å². The molecular weight excluding hydrogens is 673 g/mol. The Bertz CT molecular complexity index is 3090. The molecule has 0 aliphatic carbocycles. The van der Waals surface area contributed by atoms with Gasteiger partial charge in [0.15, 0.2) is 16.6 Å². The number of hydrogen-bond donors (Lipinski definition) is 0. The maximum absolute atomic E-state index is 7.03. The summed E-state index contributed by atoms with van der Waals surface area (Å²) in [6, 6.07) is 50.2. The number of furan rings is 2. The zero-order valence-electron chi connectivity index (χ0n) is 32.1. The van der Waals surface area contributed by atoms with E-state index >= 15 is 0 Å². The third kappa shape index (κ3) is 5.16. The molecule has 10 rings (SSSR count). The molecule has 0 amide bonds. The first-order valence-electron chi connectivity index (χ1n) is 19.4. The summed E-state index contributed by atoms with van der Waals surface area (Å²) >= 11 is 0. The molecule has 0 N–H and O–H groups in total. The van der Waals surface area contributed by atoms with Crippen molar-refractivity contribution in [3.63, 3.8) is 0 Å². The molecule has 0 fully saturated rings. The third-order valence-electron chi connectivity index (χ3n) is 11.6. The highest BCUT2D eigenvalue weighted by Crippen LogP contribution is 2.43. The van der Waals surface area contributed by atoms with E-state index in [0.29, 0.717) is 11.8 Å². The Kier molecular flexibility index (Phi) is 7.60. The average molecular weight is 716 g/mol. The molecule has 0 bridgehead atoms. The van der Waals surface area contributed by atoms with Crippen molar-refractivity contribution in [2.45, 2.75) is 46.5 Å². The Balaban J connectivity index is 1.16. The first-order valence-corrected chi connectivity index (χ1v) is 19.4. The maximum Gasteiger partial charge on any atom is 0.299 e. The molecule has 0 aliphatic rings. The molecule has 0 saturated carbocycles. The van der Waals surface area contributed by atoms with Crippen molar-refractivity contribution >= 4 is 54.9 Å². The Labute approximate surface area is 320 Å². The monoisotopic (exact) mass is 715 g/mol. The molecule has 4 heteroatoms. The second-order valence-corrected chi connectivity index (χ2v) is 15.6. The lowest BCUT2D eigenvalue weighted by atomic mass is 9.92. The number of benzene rings is 7. The fourth-order valence-corrected chi connectivity index (χ4v) is 8.75. The quantitative estimate of drug-likeness (QED) is 0.161. The second kappa shape index (κ2) is 12.6. The van der Waals surface area contributed by atoms with Gasteiger partial charge in [0, 0.05) is 32.7 Å². The van der Waals surface area contributed by atoms with Crippen molar-refractivity contribution in [2.24, 2.45) is 7.05 Å². The van der Waals surface area contributed by atoms with Crippen LogP contribution in [0.5, 0.6) is 0 Å². The molecule has 0 saturated heterocycles. The first kappa shape index (κ1) is 33.2. The van der Waals surface area contributed by atoms with Crippen LogP contribution in [0.2, 0.25) is 0 Å². The zero-order chi connectivity index (χ0) is 37.5. The largest absolute Gasteiger partial charge is 0.456 e. The highest BCUT2D eigenvalue weighted by Gasteiger charge is 2.33. The number of aromatic nitrogens is 2. The minimum absolute atomic E-state index is 0.348. The third-order valence-corrected chi connectivity index (χ3v) is 11.6. The standard InChI is InChI=1S/C51H43N2O2/c1-30(2)37-15-12-16-38(31(3)4)49(37)53-44-18-11-10-17-43(44)52(6)51(53)48-32(5)19-23-41-39-24-21-36(29-47(39)55-50(41)48)34-22-26-45-42(27-34)40-25-20-35(28-46(40)54-45)33-13-8-7-9-14-33/h7-31H,1-6H3/q+1. The summed E-state index contributed by atoms with van der Waals surface area (Å²) < 4.78 is 18.3. The highest BCUT2D eigenvalue weighted by molar-refractivity contribution is 6.11. The molecule has 3 aromatic heterocycles. The summed E-state index contributed by atoms with van der Waals surface area (Å²) in [5.41, 5.74) is 16.7. The van der Waals surface area contributed by atoms with E-state index in [1.54, 1.807) is 0 Å². The molecule has 7 aromatic carbocycles. The van der Waals surface area contributed by atoms with Gasteiger partial charge in [-0.3, -0.25) is 0 Å².